The zero-order valence-corrected chi connectivity index (χ0v) is 10.5. The van der Waals surface area contributed by atoms with E-state index in [4.69, 9.17) is 0 Å². The van der Waals surface area contributed by atoms with Gasteiger partial charge in [0.05, 0.1) is 0 Å². The fourth-order valence-electron chi connectivity index (χ4n) is 1.57. The molecule has 0 atom stereocenters. The number of phenols is 1. The first-order valence-electron chi connectivity index (χ1n) is 5.58. The third kappa shape index (κ3) is 2.68. The van der Waals surface area contributed by atoms with Gasteiger partial charge in [0, 0.05) is 11.8 Å². The molecule has 0 saturated carbocycles. The van der Waals surface area contributed by atoms with Gasteiger partial charge >= 0.3 is 0 Å². The number of phenolic OH excluding ortho intramolecular Hbond substituents is 1. The van der Waals surface area contributed by atoms with E-state index in [0.717, 1.165) is 5.56 Å². The van der Waals surface area contributed by atoms with Gasteiger partial charge in [-0.05, 0) is 32.4 Å². The molecule has 0 unspecified atom stereocenters. The van der Waals surface area contributed by atoms with Crippen LogP contribution in [0.3, 0.4) is 0 Å². The Morgan fingerprint density at radius 3 is 2.39 bits per heavy atom. The van der Waals surface area contributed by atoms with Gasteiger partial charge in [0.25, 0.3) is 5.95 Å². The molecular formula is C13H14N4O. The van der Waals surface area contributed by atoms with Gasteiger partial charge in [0.1, 0.15) is 17.4 Å². The van der Waals surface area contributed by atoms with E-state index in [2.05, 4.69) is 19.9 Å². The second-order valence-corrected chi connectivity index (χ2v) is 4.00. The quantitative estimate of drug-likeness (QED) is 0.820. The Morgan fingerprint density at radius 1 is 1.06 bits per heavy atom. The van der Waals surface area contributed by atoms with Gasteiger partial charge in [-0.1, -0.05) is 12.1 Å². The van der Waals surface area contributed by atoms with Gasteiger partial charge in [-0.15, -0.1) is 0 Å². The van der Waals surface area contributed by atoms with E-state index in [0.29, 0.717) is 23.2 Å². The molecule has 18 heavy (non-hydrogen) atoms. The van der Waals surface area contributed by atoms with Crippen molar-refractivity contribution in [3.63, 3.8) is 0 Å². The summed E-state index contributed by atoms with van der Waals surface area (Å²) in [6.45, 7) is 5.42. The second-order valence-electron chi connectivity index (χ2n) is 4.00. The smallest absolute Gasteiger partial charge is 0.252 e. The van der Waals surface area contributed by atoms with Crippen LogP contribution in [0.2, 0.25) is 0 Å². The first-order valence-corrected chi connectivity index (χ1v) is 5.58. The fourth-order valence-corrected chi connectivity index (χ4v) is 1.57. The molecule has 0 aliphatic rings. The normalized spacial score (nSPS) is 11.1. The molecule has 1 aromatic carbocycles. The minimum Gasteiger partial charge on any atom is -0.507 e. The maximum Gasteiger partial charge on any atom is 0.252 e. The molecular weight excluding hydrogens is 228 g/mol. The molecule has 0 radical (unpaired) electrons. The number of hydrogen-bond donors (Lipinski definition) is 1. The highest BCUT2D eigenvalue weighted by Gasteiger charge is 2.02. The summed E-state index contributed by atoms with van der Waals surface area (Å²) in [5, 5.41) is 9.84. The van der Waals surface area contributed by atoms with E-state index >= 15 is 0 Å². The highest BCUT2D eigenvalue weighted by Crippen LogP contribution is 2.20. The van der Waals surface area contributed by atoms with Crippen LogP contribution in [0.4, 0.5) is 5.95 Å². The Balaban J connectivity index is 2.33. The zero-order valence-electron chi connectivity index (χ0n) is 10.5. The van der Waals surface area contributed by atoms with Gasteiger partial charge in [0.15, 0.2) is 0 Å². The molecule has 0 spiro atoms. The van der Waals surface area contributed by atoms with E-state index in [-0.39, 0.29) is 5.75 Å². The van der Waals surface area contributed by atoms with E-state index in [1.54, 1.807) is 26.1 Å². The Bertz CT molecular complexity index is 588. The largest absolute Gasteiger partial charge is 0.507 e. The summed E-state index contributed by atoms with van der Waals surface area (Å²) in [6.07, 6.45) is 1.55. The maximum atomic E-state index is 9.84. The molecule has 5 nitrogen and oxygen atoms in total. The van der Waals surface area contributed by atoms with Crippen LogP contribution < -0.4 is 0 Å². The lowest BCUT2D eigenvalue weighted by Crippen LogP contribution is -1.95. The summed E-state index contributed by atoms with van der Waals surface area (Å²) in [5.41, 5.74) is 1.45. The summed E-state index contributed by atoms with van der Waals surface area (Å²) in [5.74, 6) is 1.83. The number of aliphatic imine (C=N–C) groups is 1. The predicted molar refractivity (Wildman–Crippen MR) is 69.4 cm³/mol. The molecule has 1 aromatic heterocycles. The number of hydrogen-bond acceptors (Lipinski definition) is 5. The van der Waals surface area contributed by atoms with Crippen LogP contribution in [0.25, 0.3) is 0 Å². The van der Waals surface area contributed by atoms with E-state index in [1.165, 1.54) is 0 Å². The van der Waals surface area contributed by atoms with Crippen molar-refractivity contribution in [1.29, 1.82) is 0 Å². The molecule has 0 saturated heterocycles. The molecule has 0 aliphatic carbocycles. The Labute approximate surface area is 105 Å². The van der Waals surface area contributed by atoms with Crippen molar-refractivity contribution in [2.24, 2.45) is 4.99 Å². The molecule has 0 amide bonds. The van der Waals surface area contributed by atoms with Crippen molar-refractivity contribution >= 4 is 12.2 Å². The number of benzene rings is 1. The minimum absolute atomic E-state index is 0.226. The molecule has 2 aromatic rings. The molecule has 92 valence electrons. The monoisotopic (exact) mass is 242 g/mol. The average molecular weight is 242 g/mol. The molecule has 2 rings (SSSR count). The van der Waals surface area contributed by atoms with Crippen LogP contribution in [-0.4, -0.2) is 26.3 Å². The maximum absolute atomic E-state index is 9.84. The van der Waals surface area contributed by atoms with Gasteiger partial charge in [-0.3, -0.25) is 0 Å². The van der Waals surface area contributed by atoms with Crippen molar-refractivity contribution in [3.8, 4) is 5.75 Å². The summed E-state index contributed by atoms with van der Waals surface area (Å²) in [7, 11) is 0. The highest BCUT2D eigenvalue weighted by molar-refractivity contribution is 5.85. The zero-order chi connectivity index (χ0) is 13.1. The molecule has 0 aliphatic heterocycles. The van der Waals surface area contributed by atoms with Crippen molar-refractivity contribution in [2.75, 3.05) is 0 Å². The molecule has 0 bridgehead atoms. The minimum atomic E-state index is 0.226. The first-order chi connectivity index (χ1) is 8.56. The third-order valence-corrected chi connectivity index (χ3v) is 2.44. The molecule has 1 heterocycles. The molecule has 5 heteroatoms. The lowest BCUT2D eigenvalue weighted by Gasteiger charge is -2.01. The van der Waals surface area contributed by atoms with Gasteiger partial charge in [-0.25, -0.2) is 9.98 Å². The lowest BCUT2D eigenvalue weighted by molar-refractivity contribution is 0.470. The van der Waals surface area contributed by atoms with Gasteiger partial charge in [0.2, 0.25) is 0 Å². The summed E-state index contributed by atoms with van der Waals surface area (Å²) in [4.78, 5) is 16.4. The lowest BCUT2D eigenvalue weighted by atomic mass is 10.1. The van der Waals surface area contributed by atoms with Gasteiger partial charge in [-0.2, -0.15) is 9.97 Å². The number of aromatic nitrogens is 3. The van der Waals surface area contributed by atoms with Crippen molar-refractivity contribution < 1.29 is 5.11 Å². The first kappa shape index (κ1) is 12.2. The van der Waals surface area contributed by atoms with Crippen LogP contribution in [0, 0.1) is 20.8 Å². The van der Waals surface area contributed by atoms with Crippen molar-refractivity contribution in [2.45, 2.75) is 20.8 Å². The second kappa shape index (κ2) is 4.91. The Morgan fingerprint density at radius 2 is 1.72 bits per heavy atom. The summed E-state index contributed by atoms with van der Waals surface area (Å²) in [6, 6.07) is 5.48. The summed E-state index contributed by atoms with van der Waals surface area (Å²) < 4.78 is 0. The SMILES string of the molecule is Cc1nc(C)nc(/N=C/c2cccc(C)c2O)n1. The van der Waals surface area contributed by atoms with E-state index in [9.17, 15) is 5.11 Å². The molecule has 0 fully saturated rings. The predicted octanol–water partition coefficient (Wildman–Crippen LogP) is 2.25. The van der Waals surface area contributed by atoms with Crippen molar-refractivity contribution in [1.82, 2.24) is 15.0 Å². The molecule has 1 N–H and O–H groups in total. The van der Waals surface area contributed by atoms with Crippen LogP contribution in [-0.2, 0) is 0 Å². The van der Waals surface area contributed by atoms with Crippen LogP contribution in [0.15, 0.2) is 23.2 Å². The summed E-state index contributed by atoms with van der Waals surface area (Å²) >= 11 is 0. The third-order valence-electron chi connectivity index (χ3n) is 2.44. The fraction of sp³-hybridized carbons (Fsp3) is 0.231. The average Bonchev–Trinajstić information content (AvgIpc) is 2.30. The number of rotatable bonds is 2. The van der Waals surface area contributed by atoms with Crippen LogP contribution in [0.1, 0.15) is 22.8 Å². The number of aryl methyl sites for hydroxylation is 3. The number of aromatic hydroxyl groups is 1. The standard InChI is InChI=1S/C13H14N4O/c1-8-5-4-6-11(12(8)18)7-14-13-16-9(2)15-10(3)17-13/h4-7,18H,1-3H3/b14-7+. The topological polar surface area (TPSA) is 71.3 Å². The Kier molecular flexibility index (Phi) is 3.32. The van der Waals surface area contributed by atoms with Crippen LogP contribution in [0.5, 0.6) is 5.75 Å². The van der Waals surface area contributed by atoms with Crippen molar-refractivity contribution in [3.05, 3.63) is 41.0 Å². The van der Waals surface area contributed by atoms with Crippen LogP contribution >= 0.6 is 0 Å². The number of nitrogens with zero attached hydrogens (tertiary/aromatic N) is 4. The van der Waals surface area contributed by atoms with E-state index < -0.39 is 0 Å². The van der Waals surface area contributed by atoms with E-state index in [1.807, 2.05) is 19.1 Å². The van der Waals surface area contributed by atoms with Gasteiger partial charge < -0.3 is 5.11 Å². The number of para-hydroxylation sites is 1. The highest BCUT2D eigenvalue weighted by atomic mass is 16.3. The Hall–Kier alpha value is -2.30.